The molecule has 0 heteroatoms. The predicted octanol–water partition coefficient (Wildman–Crippen LogP) is 3.72. The molecule has 0 atom stereocenters. The van der Waals surface area contributed by atoms with Crippen LogP contribution in [-0.4, -0.2) is 0 Å². The van der Waals surface area contributed by atoms with Gasteiger partial charge in [0.15, 0.2) is 0 Å². The first-order chi connectivity index (χ1) is 5.02. The molecule has 0 unspecified atom stereocenters. The summed E-state index contributed by atoms with van der Waals surface area (Å²) in [4.78, 5) is 0. The molecule has 0 aromatic carbocycles. The average molecular weight is 150 g/mol. The summed E-state index contributed by atoms with van der Waals surface area (Å²) in [6.45, 7) is 12.2. The van der Waals surface area contributed by atoms with Crippen LogP contribution in [0.5, 0.6) is 0 Å². The third-order valence-corrected chi connectivity index (χ3v) is 1.52. The summed E-state index contributed by atoms with van der Waals surface area (Å²) in [6.07, 6.45) is 8.35. The van der Waals surface area contributed by atoms with Crippen LogP contribution in [0.1, 0.15) is 27.7 Å². The van der Waals surface area contributed by atoms with E-state index < -0.39 is 0 Å². The molecule has 62 valence electrons. The van der Waals surface area contributed by atoms with Gasteiger partial charge in [0.2, 0.25) is 0 Å². The van der Waals surface area contributed by atoms with E-state index in [0.717, 1.165) is 0 Å². The van der Waals surface area contributed by atoms with Crippen molar-refractivity contribution in [1.82, 2.24) is 0 Å². The normalized spacial score (nSPS) is 14.0. The summed E-state index contributed by atoms with van der Waals surface area (Å²) in [5.41, 5.74) is 1.39. The van der Waals surface area contributed by atoms with Crippen LogP contribution >= 0.6 is 0 Å². The third-order valence-electron chi connectivity index (χ3n) is 1.52. The highest BCUT2D eigenvalue weighted by molar-refractivity contribution is 5.19. The molecule has 0 aromatic rings. The molecule has 0 rings (SSSR count). The Balaban J connectivity index is 4.44. The molecule has 0 saturated heterocycles. The van der Waals surface area contributed by atoms with Gasteiger partial charge >= 0.3 is 0 Å². The van der Waals surface area contributed by atoms with Gasteiger partial charge in [0.05, 0.1) is 0 Å². The lowest BCUT2D eigenvalue weighted by atomic mass is 9.90. The maximum absolute atomic E-state index is 3.71. The van der Waals surface area contributed by atoms with E-state index in [1.165, 1.54) is 5.57 Å². The van der Waals surface area contributed by atoms with Crippen molar-refractivity contribution in [3.8, 4) is 0 Å². The SMILES string of the molecule is C=CC(C)=CC(C)(C)C=CC. The second-order valence-electron chi connectivity index (χ2n) is 3.41. The summed E-state index contributed by atoms with van der Waals surface area (Å²) < 4.78 is 0. The highest BCUT2D eigenvalue weighted by Crippen LogP contribution is 2.20. The molecule has 0 spiro atoms. The summed E-state index contributed by atoms with van der Waals surface area (Å²) in [6, 6.07) is 0. The van der Waals surface area contributed by atoms with Crippen molar-refractivity contribution in [3.63, 3.8) is 0 Å². The molecule has 0 aliphatic carbocycles. The number of hydrogen-bond acceptors (Lipinski definition) is 0. The highest BCUT2D eigenvalue weighted by Gasteiger charge is 2.08. The average Bonchev–Trinajstić information content (AvgIpc) is 1.86. The van der Waals surface area contributed by atoms with Crippen molar-refractivity contribution in [2.24, 2.45) is 5.41 Å². The van der Waals surface area contributed by atoms with Crippen molar-refractivity contribution in [2.75, 3.05) is 0 Å². The van der Waals surface area contributed by atoms with Crippen molar-refractivity contribution in [1.29, 1.82) is 0 Å². The van der Waals surface area contributed by atoms with E-state index in [0.29, 0.717) is 0 Å². The summed E-state index contributed by atoms with van der Waals surface area (Å²) in [5.74, 6) is 0. The largest absolute Gasteiger partial charge is 0.0988 e. The van der Waals surface area contributed by atoms with Gasteiger partial charge in [0.25, 0.3) is 0 Å². The van der Waals surface area contributed by atoms with E-state index in [2.05, 4.69) is 45.6 Å². The Labute approximate surface area is 70.3 Å². The summed E-state index contributed by atoms with van der Waals surface area (Å²) in [5, 5.41) is 0. The molecule has 0 nitrogen and oxygen atoms in total. The van der Waals surface area contributed by atoms with Crippen LogP contribution in [-0.2, 0) is 0 Å². The molecule has 0 aliphatic rings. The smallest absolute Gasteiger partial charge is 0.001000 e. The van der Waals surface area contributed by atoms with Crippen molar-refractivity contribution in [3.05, 3.63) is 36.5 Å². The van der Waals surface area contributed by atoms with E-state index >= 15 is 0 Å². The molecular formula is C11H18. The van der Waals surface area contributed by atoms with Gasteiger partial charge in [-0.3, -0.25) is 0 Å². The van der Waals surface area contributed by atoms with Gasteiger partial charge in [-0.15, -0.1) is 0 Å². The molecule has 0 aromatic heterocycles. The minimum absolute atomic E-state index is 0.160. The van der Waals surface area contributed by atoms with E-state index in [1.54, 1.807) is 0 Å². The lowest BCUT2D eigenvalue weighted by Crippen LogP contribution is -2.02. The summed E-state index contributed by atoms with van der Waals surface area (Å²) in [7, 11) is 0. The second-order valence-corrected chi connectivity index (χ2v) is 3.41. The maximum atomic E-state index is 3.71. The van der Waals surface area contributed by atoms with Gasteiger partial charge in [0.1, 0.15) is 0 Å². The third kappa shape index (κ3) is 4.60. The van der Waals surface area contributed by atoms with E-state index in [4.69, 9.17) is 0 Å². The zero-order valence-electron chi connectivity index (χ0n) is 8.02. The van der Waals surface area contributed by atoms with Crippen LogP contribution in [0.25, 0.3) is 0 Å². The fourth-order valence-electron chi connectivity index (χ4n) is 1.12. The zero-order chi connectivity index (χ0) is 8.91. The molecule has 0 heterocycles. The van der Waals surface area contributed by atoms with Crippen LogP contribution in [0, 0.1) is 5.41 Å². The number of hydrogen-bond donors (Lipinski definition) is 0. The Hall–Kier alpha value is -0.780. The van der Waals surface area contributed by atoms with Gasteiger partial charge in [-0.05, 0) is 13.8 Å². The first-order valence-electron chi connectivity index (χ1n) is 3.97. The first-order valence-corrected chi connectivity index (χ1v) is 3.97. The fourth-order valence-corrected chi connectivity index (χ4v) is 1.12. The molecule has 0 N–H and O–H groups in total. The van der Waals surface area contributed by atoms with Crippen LogP contribution in [0.15, 0.2) is 36.5 Å². The number of rotatable bonds is 3. The Morgan fingerprint density at radius 2 is 1.91 bits per heavy atom. The fraction of sp³-hybridized carbons (Fsp3) is 0.455. The van der Waals surface area contributed by atoms with Crippen molar-refractivity contribution in [2.45, 2.75) is 27.7 Å². The van der Waals surface area contributed by atoms with Crippen LogP contribution in [0.3, 0.4) is 0 Å². The molecule has 0 aliphatic heterocycles. The Morgan fingerprint density at radius 1 is 1.36 bits per heavy atom. The van der Waals surface area contributed by atoms with Gasteiger partial charge in [-0.1, -0.05) is 50.3 Å². The molecule has 0 saturated carbocycles. The van der Waals surface area contributed by atoms with E-state index in [9.17, 15) is 0 Å². The second kappa shape index (κ2) is 4.17. The molecule has 0 radical (unpaired) electrons. The molecular weight excluding hydrogens is 132 g/mol. The van der Waals surface area contributed by atoms with Gasteiger partial charge < -0.3 is 0 Å². The summed E-state index contributed by atoms with van der Waals surface area (Å²) >= 11 is 0. The zero-order valence-corrected chi connectivity index (χ0v) is 8.02. The topological polar surface area (TPSA) is 0 Å². The highest BCUT2D eigenvalue weighted by atomic mass is 14.1. The van der Waals surface area contributed by atoms with Gasteiger partial charge in [0, 0.05) is 5.41 Å². The van der Waals surface area contributed by atoms with E-state index in [-0.39, 0.29) is 5.41 Å². The minimum atomic E-state index is 0.160. The van der Waals surface area contributed by atoms with Crippen LogP contribution in [0.2, 0.25) is 0 Å². The Morgan fingerprint density at radius 3 is 2.27 bits per heavy atom. The number of allylic oxidation sites excluding steroid dienone is 5. The van der Waals surface area contributed by atoms with Crippen molar-refractivity contribution >= 4 is 0 Å². The van der Waals surface area contributed by atoms with Crippen molar-refractivity contribution < 1.29 is 0 Å². The minimum Gasteiger partial charge on any atom is -0.0988 e. The maximum Gasteiger partial charge on any atom is 0.001000 e. The standard InChI is InChI=1S/C11H18/c1-6-8-11(4,5)9-10(3)7-2/h6-9H,2H2,1,3-5H3. The molecule has 0 amide bonds. The van der Waals surface area contributed by atoms with E-state index in [1.807, 2.05) is 13.0 Å². The lowest BCUT2D eigenvalue weighted by Gasteiger charge is -2.15. The predicted molar refractivity (Wildman–Crippen MR) is 52.5 cm³/mol. The molecule has 0 bridgehead atoms. The monoisotopic (exact) mass is 150 g/mol. The Kier molecular flexibility index (Phi) is 3.88. The molecule has 11 heavy (non-hydrogen) atoms. The molecule has 0 fully saturated rings. The van der Waals surface area contributed by atoms with Gasteiger partial charge in [-0.2, -0.15) is 0 Å². The van der Waals surface area contributed by atoms with Gasteiger partial charge in [-0.25, -0.2) is 0 Å². The van der Waals surface area contributed by atoms with Crippen LogP contribution < -0.4 is 0 Å². The lowest BCUT2D eigenvalue weighted by molar-refractivity contribution is 0.621. The first kappa shape index (κ1) is 10.2. The quantitative estimate of drug-likeness (QED) is 0.425. The van der Waals surface area contributed by atoms with Crippen LogP contribution in [0.4, 0.5) is 0 Å². The Bertz CT molecular complexity index is 180.